The lowest BCUT2D eigenvalue weighted by Gasteiger charge is -2.24. The summed E-state index contributed by atoms with van der Waals surface area (Å²) < 4.78 is 5.83. The van der Waals surface area contributed by atoms with E-state index in [1.54, 1.807) is 0 Å². The van der Waals surface area contributed by atoms with Crippen molar-refractivity contribution in [1.82, 2.24) is 4.90 Å². The largest absolute Gasteiger partial charge is 0.469 e. The van der Waals surface area contributed by atoms with Crippen LogP contribution in [-0.4, -0.2) is 29.4 Å². The Balaban J connectivity index is 2.40. The topological polar surface area (TPSA) is 49.8 Å². The Kier molecular flexibility index (Phi) is 3.39. The molecular weight excluding hydrogens is 266 g/mol. The number of likely N-dealkylation sites (N-methyl/N-ethyl adjacent to an activating group) is 1. The fourth-order valence-electron chi connectivity index (χ4n) is 2.20. The highest BCUT2D eigenvalue weighted by atomic mass is 35.5. The predicted molar refractivity (Wildman–Crippen MR) is 74.1 cm³/mol. The molecule has 0 aromatic heterocycles. The number of amides is 1. The molecular formula is C14H18ClNO3. The summed E-state index contributed by atoms with van der Waals surface area (Å²) in [6.07, 6.45) is -0.949. The minimum atomic E-state index is -0.999. The van der Waals surface area contributed by atoms with Crippen molar-refractivity contribution in [3.8, 4) is 5.75 Å². The van der Waals surface area contributed by atoms with Gasteiger partial charge >= 0.3 is 6.09 Å². The summed E-state index contributed by atoms with van der Waals surface area (Å²) in [6.45, 7) is 6.24. The van der Waals surface area contributed by atoms with E-state index in [0.717, 1.165) is 16.9 Å². The van der Waals surface area contributed by atoms with Crippen molar-refractivity contribution in [3.05, 3.63) is 28.3 Å². The van der Waals surface area contributed by atoms with Gasteiger partial charge in [0, 0.05) is 29.6 Å². The highest BCUT2D eigenvalue weighted by Crippen LogP contribution is 2.41. The summed E-state index contributed by atoms with van der Waals surface area (Å²) in [5.74, 6) is 0.773. The zero-order valence-electron chi connectivity index (χ0n) is 11.5. The van der Waals surface area contributed by atoms with E-state index in [-0.39, 0.29) is 5.41 Å². The van der Waals surface area contributed by atoms with Crippen LogP contribution in [0, 0.1) is 0 Å². The van der Waals surface area contributed by atoms with Gasteiger partial charge < -0.3 is 9.84 Å². The van der Waals surface area contributed by atoms with Crippen molar-refractivity contribution in [2.75, 3.05) is 7.05 Å². The molecule has 2 rings (SSSR count). The Morgan fingerprint density at radius 3 is 2.63 bits per heavy atom. The lowest BCUT2D eigenvalue weighted by atomic mass is 9.85. The molecule has 104 valence electrons. The number of hydrogen-bond donors (Lipinski definition) is 1. The molecule has 1 unspecified atom stereocenters. The number of hydrogen-bond acceptors (Lipinski definition) is 2. The summed E-state index contributed by atoms with van der Waals surface area (Å²) in [4.78, 5) is 12.2. The van der Waals surface area contributed by atoms with Gasteiger partial charge in [0.1, 0.15) is 5.75 Å². The van der Waals surface area contributed by atoms with Gasteiger partial charge in [-0.2, -0.15) is 0 Å². The number of ether oxygens (including phenoxy) is 1. The molecule has 1 aliphatic heterocycles. The molecule has 0 aliphatic carbocycles. The third-order valence-corrected chi connectivity index (χ3v) is 3.54. The fraction of sp³-hybridized carbons (Fsp3) is 0.500. The molecule has 19 heavy (non-hydrogen) atoms. The van der Waals surface area contributed by atoms with Crippen LogP contribution in [0.5, 0.6) is 5.75 Å². The maximum Gasteiger partial charge on any atom is 0.409 e. The van der Waals surface area contributed by atoms with Crippen LogP contribution in [0.2, 0.25) is 5.02 Å². The van der Waals surface area contributed by atoms with E-state index in [4.69, 9.17) is 21.4 Å². The Morgan fingerprint density at radius 1 is 1.47 bits per heavy atom. The smallest absolute Gasteiger partial charge is 0.409 e. The number of carboxylic acid groups (broad SMARTS) is 1. The molecule has 1 aliphatic rings. The van der Waals surface area contributed by atoms with Crippen molar-refractivity contribution in [2.45, 2.75) is 38.8 Å². The number of carbonyl (C=O) groups is 1. The second-order valence-electron chi connectivity index (χ2n) is 5.86. The van der Waals surface area contributed by atoms with Crippen LogP contribution in [-0.2, 0) is 11.8 Å². The van der Waals surface area contributed by atoms with Gasteiger partial charge in [0.05, 0.1) is 0 Å². The van der Waals surface area contributed by atoms with Crippen LogP contribution < -0.4 is 4.74 Å². The summed E-state index contributed by atoms with van der Waals surface area (Å²) in [6, 6.07) is 3.74. The predicted octanol–water partition coefficient (Wildman–Crippen LogP) is 3.51. The minimum Gasteiger partial charge on any atom is -0.469 e. The van der Waals surface area contributed by atoms with E-state index < -0.39 is 12.3 Å². The zero-order valence-corrected chi connectivity index (χ0v) is 12.3. The molecule has 0 bridgehead atoms. The molecule has 1 atom stereocenters. The average Bonchev–Trinajstić information content (AvgIpc) is 2.68. The Morgan fingerprint density at radius 2 is 2.11 bits per heavy atom. The first-order chi connectivity index (χ1) is 8.70. The SMILES string of the molecule is CN(C(=O)O)C1Cc2cc(Cl)cc(C(C)(C)C)c2O1. The van der Waals surface area contributed by atoms with E-state index in [2.05, 4.69) is 20.8 Å². The number of nitrogens with zero attached hydrogens (tertiary/aromatic N) is 1. The first-order valence-corrected chi connectivity index (χ1v) is 6.53. The highest BCUT2D eigenvalue weighted by molar-refractivity contribution is 6.30. The molecule has 1 aromatic carbocycles. The molecule has 4 nitrogen and oxygen atoms in total. The number of rotatable bonds is 1. The van der Waals surface area contributed by atoms with Gasteiger partial charge in [-0.3, -0.25) is 4.90 Å². The van der Waals surface area contributed by atoms with Gasteiger partial charge in [-0.05, 0) is 17.5 Å². The maximum absolute atomic E-state index is 11.0. The molecule has 5 heteroatoms. The molecule has 1 N–H and O–H groups in total. The van der Waals surface area contributed by atoms with Crippen molar-refractivity contribution in [2.24, 2.45) is 0 Å². The fourth-order valence-corrected chi connectivity index (χ4v) is 2.44. The summed E-state index contributed by atoms with van der Waals surface area (Å²) in [5, 5.41) is 9.68. The minimum absolute atomic E-state index is 0.105. The quantitative estimate of drug-likeness (QED) is 0.858. The number of halogens is 1. The molecule has 0 saturated heterocycles. The third-order valence-electron chi connectivity index (χ3n) is 3.32. The Bertz CT molecular complexity index is 522. The molecule has 0 spiro atoms. The molecule has 0 radical (unpaired) electrons. The zero-order chi connectivity index (χ0) is 14.4. The molecule has 0 saturated carbocycles. The maximum atomic E-state index is 11.0. The molecule has 1 amide bonds. The number of benzene rings is 1. The van der Waals surface area contributed by atoms with Gasteiger partial charge in [-0.25, -0.2) is 4.79 Å². The van der Waals surface area contributed by atoms with Gasteiger partial charge in [0.25, 0.3) is 0 Å². The Hall–Kier alpha value is -1.42. The lowest BCUT2D eigenvalue weighted by molar-refractivity contribution is 0.0598. The van der Waals surface area contributed by atoms with E-state index in [9.17, 15) is 4.79 Å². The van der Waals surface area contributed by atoms with Crippen LogP contribution >= 0.6 is 11.6 Å². The summed E-state index contributed by atoms with van der Waals surface area (Å²) >= 11 is 6.14. The van der Waals surface area contributed by atoms with E-state index in [0.29, 0.717) is 11.4 Å². The Labute approximate surface area is 117 Å². The van der Waals surface area contributed by atoms with Crippen LogP contribution in [0.25, 0.3) is 0 Å². The van der Waals surface area contributed by atoms with Crippen molar-refractivity contribution < 1.29 is 14.6 Å². The van der Waals surface area contributed by atoms with Gasteiger partial charge in [-0.15, -0.1) is 0 Å². The molecule has 1 heterocycles. The second kappa shape index (κ2) is 4.60. The van der Waals surface area contributed by atoms with Crippen LogP contribution in [0.1, 0.15) is 31.9 Å². The monoisotopic (exact) mass is 283 g/mol. The van der Waals surface area contributed by atoms with Gasteiger partial charge in [-0.1, -0.05) is 32.4 Å². The standard InChI is InChI=1S/C14H18ClNO3/c1-14(2,3)10-7-9(15)5-8-6-11(19-12(8)10)16(4)13(17)18/h5,7,11H,6H2,1-4H3,(H,17,18). The van der Waals surface area contributed by atoms with Crippen molar-refractivity contribution in [1.29, 1.82) is 0 Å². The van der Waals surface area contributed by atoms with Gasteiger partial charge in [0.15, 0.2) is 6.23 Å². The normalized spacial score (nSPS) is 17.8. The first kappa shape index (κ1) is 14.0. The second-order valence-corrected chi connectivity index (χ2v) is 6.30. The molecule has 1 aromatic rings. The highest BCUT2D eigenvalue weighted by Gasteiger charge is 2.33. The van der Waals surface area contributed by atoms with Crippen LogP contribution in [0.15, 0.2) is 12.1 Å². The lowest BCUT2D eigenvalue weighted by Crippen LogP contribution is -2.39. The van der Waals surface area contributed by atoms with Gasteiger partial charge in [0.2, 0.25) is 0 Å². The van der Waals surface area contributed by atoms with Crippen LogP contribution in [0.4, 0.5) is 4.79 Å². The van der Waals surface area contributed by atoms with E-state index >= 15 is 0 Å². The first-order valence-electron chi connectivity index (χ1n) is 6.15. The van der Waals surface area contributed by atoms with Crippen molar-refractivity contribution in [3.63, 3.8) is 0 Å². The number of fused-ring (bicyclic) bond motifs is 1. The molecule has 0 fully saturated rings. The van der Waals surface area contributed by atoms with E-state index in [1.807, 2.05) is 12.1 Å². The average molecular weight is 284 g/mol. The summed E-state index contributed by atoms with van der Waals surface area (Å²) in [7, 11) is 1.51. The summed E-state index contributed by atoms with van der Waals surface area (Å²) in [5.41, 5.74) is 1.87. The van der Waals surface area contributed by atoms with Crippen LogP contribution in [0.3, 0.4) is 0 Å². The third kappa shape index (κ3) is 2.63. The van der Waals surface area contributed by atoms with E-state index in [1.165, 1.54) is 11.9 Å². The van der Waals surface area contributed by atoms with Crippen molar-refractivity contribution >= 4 is 17.7 Å².